The van der Waals surface area contributed by atoms with Gasteiger partial charge in [-0.25, -0.2) is 0 Å². The molecule has 0 aromatic rings. The van der Waals surface area contributed by atoms with Gasteiger partial charge in [0, 0.05) is 5.92 Å². The Morgan fingerprint density at radius 2 is 1.69 bits per heavy atom. The summed E-state index contributed by atoms with van der Waals surface area (Å²) in [5.74, 6) is -1.66. The second-order valence-corrected chi connectivity index (χ2v) is 3.47. The smallest absolute Gasteiger partial charge is 0.324 e. The molecule has 0 fully saturated rings. The van der Waals surface area contributed by atoms with Crippen LogP contribution in [-0.4, -0.2) is 26.2 Å². The van der Waals surface area contributed by atoms with Crippen LogP contribution in [0.25, 0.3) is 0 Å². The average Bonchev–Trinajstić information content (AvgIpc) is 2.32. The molecular weight excluding hydrogens is 208 g/mol. The van der Waals surface area contributed by atoms with Gasteiger partial charge in [-0.1, -0.05) is 19.1 Å². The van der Waals surface area contributed by atoms with Crippen LogP contribution in [-0.2, 0) is 19.1 Å². The summed E-state index contributed by atoms with van der Waals surface area (Å²) in [5.41, 5.74) is -1.38. The van der Waals surface area contributed by atoms with Crippen molar-refractivity contribution in [1.82, 2.24) is 0 Å². The van der Waals surface area contributed by atoms with E-state index in [2.05, 4.69) is 22.6 Å². The zero-order valence-corrected chi connectivity index (χ0v) is 9.99. The molecule has 0 aliphatic carbocycles. The van der Waals surface area contributed by atoms with Crippen molar-refractivity contribution in [3.8, 4) is 0 Å². The fourth-order valence-corrected chi connectivity index (χ4v) is 1.60. The number of rotatable bonds is 6. The summed E-state index contributed by atoms with van der Waals surface area (Å²) in [6, 6.07) is 0. The molecule has 4 nitrogen and oxygen atoms in total. The normalized spacial score (nSPS) is 12.4. The van der Waals surface area contributed by atoms with Gasteiger partial charge in [-0.2, -0.15) is 0 Å². The monoisotopic (exact) mass is 226 g/mol. The van der Waals surface area contributed by atoms with Gasteiger partial charge in [-0.3, -0.25) is 9.59 Å². The predicted octanol–water partition coefficient (Wildman–Crippen LogP) is 1.72. The lowest BCUT2D eigenvalue weighted by molar-refractivity contribution is -0.171. The average molecular weight is 226 g/mol. The summed E-state index contributed by atoms with van der Waals surface area (Å²) in [4.78, 5) is 23.6. The molecule has 0 aromatic carbocycles. The van der Waals surface area contributed by atoms with Crippen LogP contribution in [0.4, 0.5) is 0 Å². The van der Waals surface area contributed by atoms with Crippen LogP contribution in [0.3, 0.4) is 0 Å². The van der Waals surface area contributed by atoms with Gasteiger partial charge in [0.25, 0.3) is 0 Å². The molecule has 16 heavy (non-hydrogen) atoms. The molecule has 0 aliphatic heterocycles. The Balaban J connectivity index is 5.54. The first kappa shape index (κ1) is 14.4. The number of esters is 2. The Labute approximate surface area is 95.9 Å². The summed E-state index contributed by atoms with van der Waals surface area (Å²) in [6.45, 7) is 8.85. The van der Waals surface area contributed by atoms with Gasteiger partial charge < -0.3 is 9.47 Å². The lowest BCUT2D eigenvalue weighted by Crippen LogP contribution is -2.45. The summed E-state index contributed by atoms with van der Waals surface area (Å²) in [5, 5.41) is 0. The van der Waals surface area contributed by atoms with E-state index in [1.165, 1.54) is 26.4 Å². The van der Waals surface area contributed by atoms with Crippen LogP contribution >= 0.6 is 0 Å². The summed E-state index contributed by atoms with van der Waals surface area (Å²) in [7, 11) is 2.47. The fraction of sp³-hybridized carbons (Fsp3) is 0.500. The van der Waals surface area contributed by atoms with Crippen molar-refractivity contribution in [3.63, 3.8) is 0 Å². The van der Waals surface area contributed by atoms with Crippen molar-refractivity contribution < 1.29 is 19.1 Å². The summed E-state index contributed by atoms with van der Waals surface area (Å²) < 4.78 is 9.36. The minimum atomic E-state index is -1.38. The predicted molar refractivity (Wildman–Crippen MR) is 60.6 cm³/mol. The van der Waals surface area contributed by atoms with Crippen LogP contribution in [0.2, 0.25) is 0 Å². The van der Waals surface area contributed by atoms with E-state index in [-0.39, 0.29) is 6.42 Å². The molecule has 0 aromatic heterocycles. The molecule has 0 rings (SSSR count). The molecule has 0 saturated heterocycles. The van der Waals surface area contributed by atoms with Gasteiger partial charge in [0.15, 0.2) is 5.41 Å². The van der Waals surface area contributed by atoms with E-state index in [0.29, 0.717) is 0 Å². The minimum Gasteiger partial charge on any atom is -0.468 e. The van der Waals surface area contributed by atoms with E-state index in [0.717, 1.165) is 0 Å². The van der Waals surface area contributed by atoms with Crippen LogP contribution in [0.5, 0.6) is 0 Å². The Morgan fingerprint density at radius 3 is 1.94 bits per heavy atom. The minimum absolute atomic E-state index is 0.152. The lowest BCUT2D eigenvalue weighted by Gasteiger charge is -2.31. The van der Waals surface area contributed by atoms with E-state index < -0.39 is 23.3 Å². The maximum atomic E-state index is 11.8. The highest BCUT2D eigenvalue weighted by atomic mass is 16.5. The summed E-state index contributed by atoms with van der Waals surface area (Å²) in [6.07, 6.45) is 3.17. The summed E-state index contributed by atoms with van der Waals surface area (Å²) >= 11 is 0. The number of methoxy groups -OCH3 is 2. The highest BCUT2D eigenvalue weighted by molar-refractivity contribution is 6.00. The lowest BCUT2D eigenvalue weighted by atomic mass is 9.73. The highest BCUT2D eigenvalue weighted by Gasteiger charge is 2.50. The molecule has 0 radical (unpaired) electrons. The van der Waals surface area contributed by atoms with Crippen molar-refractivity contribution in [3.05, 3.63) is 25.3 Å². The maximum Gasteiger partial charge on any atom is 0.324 e. The third-order valence-electron chi connectivity index (χ3n) is 2.70. The first-order valence-corrected chi connectivity index (χ1v) is 4.91. The Hall–Kier alpha value is -1.58. The molecule has 1 atom stereocenters. The number of carbonyl (C=O) groups excluding carboxylic acids is 2. The van der Waals surface area contributed by atoms with Gasteiger partial charge in [-0.15, -0.1) is 13.2 Å². The van der Waals surface area contributed by atoms with Crippen molar-refractivity contribution in [2.75, 3.05) is 14.2 Å². The number of hydrogen-bond donors (Lipinski definition) is 0. The first-order valence-electron chi connectivity index (χ1n) is 4.91. The molecule has 0 N–H and O–H groups in total. The number of ether oxygens (including phenoxy) is 2. The second-order valence-electron chi connectivity index (χ2n) is 3.47. The van der Waals surface area contributed by atoms with Crippen molar-refractivity contribution in [2.45, 2.75) is 13.3 Å². The number of hydrogen-bond acceptors (Lipinski definition) is 4. The van der Waals surface area contributed by atoms with Gasteiger partial charge in [0.2, 0.25) is 0 Å². The molecule has 0 amide bonds. The first-order chi connectivity index (χ1) is 7.50. The van der Waals surface area contributed by atoms with Gasteiger partial charge >= 0.3 is 11.9 Å². The van der Waals surface area contributed by atoms with Crippen molar-refractivity contribution in [1.29, 1.82) is 0 Å². The highest BCUT2D eigenvalue weighted by Crippen LogP contribution is 2.35. The van der Waals surface area contributed by atoms with Crippen LogP contribution in [0.15, 0.2) is 25.3 Å². The van der Waals surface area contributed by atoms with E-state index in [4.69, 9.17) is 0 Å². The van der Waals surface area contributed by atoms with Gasteiger partial charge in [0.05, 0.1) is 14.2 Å². The Kier molecular flexibility index (Phi) is 5.50. The van der Waals surface area contributed by atoms with Crippen LogP contribution in [0, 0.1) is 11.3 Å². The molecule has 4 heteroatoms. The molecular formula is C12H18O4. The fourth-order valence-electron chi connectivity index (χ4n) is 1.60. The van der Waals surface area contributed by atoms with Crippen molar-refractivity contribution in [2.24, 2.45) is 11.3 Å². The SMILES string of the molecule is C=CCC(C(=O)OC)(C(=O)OC)C(C)C=C. The van der Waals surface area contributed by atoms with E-state index in [1.54, 1.807) is 6.92 Å². The third-order valence-corrected chi connectivity index (χ3v) is 2.70. The molecule has 0 bridgehead atoms. The largest absolute Gasteiger partial charge is 0.468 e. The molecule has 0 spiro atoms. The topological polar surface area (TPSA) is 52.6 Å². The van der Waals surface area contributed by atoms with E-state index >= 15 is 0 Å². The maximum absolute atomic E-state index is 11.8. The zero-order chi connectivity index (χ0) is 12.8. The molecule has 90 valence electrons. The van der Waals surface area contributed by atoms with Crippen LogP contribution in [0.1, 0.15) is 13.3 Å². The molecule has 1 unspecified atom stereocenters. The zero-order valence-electron chi connectivity index (χ0n) is 9.99. The Bertz CT molecular complexity index is 277. The molecule has 0 heterocycles. The van der Waals surface area contributed by atoms with E-state index in [1.807, 2.05) is 0 Å². The Morgan fingerprint density at radius 1 is 1.25 bits per heavy atom. The molecule has 0 aliphatic rings. The third kappa shape index (κ3) is 2.32. The molecule has 0 saturated carbocycles. The second kappa shape index (κ2) is 6.10. The standard InChI is InChI=1S/C12H18O4/c1-6-8-12(9(3)7-2,10(13)15-4)11(14)16-5/h6-7,9H,1-2,8H2,3-5H3. The number of carbonyl (C=O) groups is 2. The quantitative estimate of drug-likeness (QED) is 0.393. The van der Waals surface area contributed by atoms with Gasteiger partial charge in [0.1, 0.15) is 0 Å². The number of allylic oxidation sites excluding steroid dienone is 2. The van der Waals surface area contributed by atoms with Crippen LogP contribution < -0.4 is 0 Å². The van der Waals surface area contributed by atoms with Gasteiger partial charge in [-0.05, 0) is 6.42 Å². The van der Waals surface area contributed by atoms with E-state index in [9.17, 15) is 9.59 Å². The van der Waals surface area contributed by atoms with Crippen molar-refractivity contribution >= 4 is 11.9 Å².